The first-order valence-electron chi connectivity index (χ1n) is 5.54. The molecule has 10 heteroatoms. The third kappa shape index (κ3) is 5.00. The van der Waals surface area contributed by atoms with Gasteiger partial charge in [-0.1, -0.05) is 24.3 Å². The Morgan fingerprint density at radius 2 is 0.864 bits per heavy atom. The van der Waals surface area contributed by atoms with E-state index in [9.17, 15) is 16.8 Å². The largest absolute Gasteiger partial charge is 0.506 e. The molecule has 0 radical (unpaired) electrons. The van der Waals surface area contributed by atoms with E-state index in [1.54, 1.807) is 0 Å². The monoisotopic (exact) mass is 348 g/mol. The molecule has 0 aliphatic heterocycles. The van der Waals surface area contributed by atoms with Crippen molar-refractivity contribution in [1.82, 2.24) is 0 Å². The molecule has 0 unspecified atom stereocenters. The second-order valence-corrected chi connectivity index (χ2v) is 6.67. The van der Waals surface area contributed by atoms with Crippen molar-refractivity contribution in [1.29, 1.82) is 0 Å². The standard InChI is InChI=1S/2C6H6O4S/c2*7-5-3-1-2-4-6(5)11(8,9)10/h2*1-4,7H,(H,8,9,10). The molecule has 22 heavy (non-hydrogen) atoms. The van der Waals surface area contributed by atoms with E-state index in [1.807, 2.05) is 0 Å². The van der Waals surface area contributed by atoms with Crippen LogP contribution in [0.15, 0.2) is 58.3 Å². The van der Waals surface area contributed by atoms with Crippen molar-refractivity contribution in [3.63, 3.8) is 0 Å². The lowest BCUT2D eigenvalue weighted by molar-refractivity contribution is 0.441. The van der Waals surface area contributed by atoms with Crippen LogP contribution < -0.4 is 0 Å². The van der Waals surface area contributed by atoms with Gasteiger partial charge in [0, 0.05) is 0 Å². The number of hydrogen-bond acceptors (Lipinski definition) is 6. The van der Waals surface area contributed by atoms with Gasteiger partial charge in [-0.3, -0.25) is 9.11 Å². The number of hydrogen-bond donors (Lipinski definition) is 4. The van der Waals surface area contributed by atoms with Gasteiger partial charge in [-0.05, 0) is 24.3 Å². The van der Waals surface area contributed by atoms with Crippen molar-refractivity contribution in [2.24, 2.45) is 0 Å². The van der Waals surface area contributed by atoms with Crippen LogP contribution in [0.25, 0.3) is 0 Å². The number of phenols is 2. The van der Waals surface area contributed by atoms with Gasteiger partial charge in [0.05, 0.1) is 0 Å². The highest BCUT2D eigenvalue weighted by Crippen LogP contribution is 2.21. The highest BCUT2D eigenvalue weighted by Gasteiger charge is 2.13. The Labute approximate surface area is 126 Å². The molecule has 4 N–H and O–H groups in total. The second kappa shape index (κ2) is 6.75. The van der Waals surface area contributed by atoms with E-state index < -0.39 is 41.5 Å². The minimum absolute atomic E-state index is 0.449. The number of rotatable bonds is 2. The highest BCUT2D eigenvalue weighted by molar-refractivity contribution is 7.86. The molecule has 0 aliphatic rings. The summed E-state index contributed by atoms with van der Waals surface area (Å²) in [4.78, 5) is -0.944. The Bertz CT molecular complexity index is 783. The van der Waals surface area contributed by atoms with Crippen LogP contribution >= 0.6 is 0 Å². The molecule has 0 aromatic heterocycles. The molecule has 8 nitrogen and oxygen atoms in total. The molecule has 2 aromatic carbocycles. The molecule has 2 aromatic rings. The van der Waals surface area contributed by atoms with Crippen molar-refractivity contribution < 1.29 is 36.2 Å². The van der Waals surface area contributed by atoms with E-state index in [-0.39, 0.29) is 0 Å². The molecule has 0 atom stereocenters. The van der Waals surface area contributed by atoms with E-state index >= 15 is 0 Å². The number of phenolic OH excluding ortho intramolecular Hbond substituents is 2. The van der Waals surface area contributed by atoms with Crippen molar-refractivity contribution in [2.75, 3.05) is 0 Å². The van der Waals surface area contributed by atoms with E-state index in [0.29, 0.717) is 0 Å². The summed E-state index contributed by atoms with van der Waals surface area (Å²) in [5.41, 5.74) is 0. The zero-order chi connectivity index (χ0) is 17.0. The first kappa shape index (κ1) is 17.9. The summed E-state index contributed by atoms with van der Waals surface area (Å²) in [7, 11) is -8.57. The predicted octanol–water partition coefficient (Wildman–Crippen LogP) is 1.28. The fourth-order valence-electron chi connectivity index (χ4n) is 1.35. The lowest BCUT2D eigenvalue weighted by Crippen LogP contribution is -1.97. The van der Waals surface area contributed by atoms with Crippen molar-refractivity contribution in [2.45, 2.75) is 9.79 Å². The first-order valence-corrected chi connectivity index (χ1v) is 8.42. The van der Waals surface area contributed by atoms with Gasteiger partial charge in [-0.2, -0.15) is 16.8 Å². The minimum Gasteiger partial charge on any atom is -0.506 e. The Morgan fingerprint density at radius 1 is 0.591 bits per heavy atom. The number of para-hydroxylation sites is 2. The van der Waals surface area contributed by atoms with Gasteiger partial charge in [-0.15, -0.1) is 0 Å². The van der Waals surface area contributed by atoms with Crippen LogP contribution in [0.2, 0.25) is 0 Å². The third-order valence-electron chi connectivity index (χ3n) is 2.29. The average molecular weight is 348 g/mol. The molecule has 0 bridgehead atoms. The van der Waals surface area contributed by atoms with E-state index in [2.05, 4.69) is 0 Å². The normalized spacial score (nSPS) is 11.4. The van der Waals surface area contributed by atoms with Crippen molar-refractivity contribution >= 4 is 20.2 Å². The average Bonchev–Trinajstić information content (AvgIpc) is 2.37. The molecule has 120 valence electrons. The number of aromatic hydroxyl groups is 2. The SMILES string of the molecule is O=S(=O)(O)c1ccccc1O.O=S(=O)(O)c1ccccc1O. The molecule has 0 spiro atoms. The molecule has 0 heterocycles. The maximum absolute atomic E-state index is 10.4. The zero-order valence-corrected chi connectivity index (χ0v) is 12.5. The fourth-order valence-corrected chi connectivity index (χ4v) is 2.52. The Morgan fingerprint density at radius 3 is 1.05 bits per heavy atom. The summed E-state index contributed by atoms with van der Waals surface area (Å²) in [6, 6.07) is 10.3. The van der Waals surface area contributed by atoms with Crippen molar-refractivity contribution in [3.05, 3.63) is 48.5 Å². The summed E-state index contributed by atoms with van der Waals surface area (Å²) in [5.74, 6) is -0.898. The van der Waals surface area contributed by atoms with E-state index in [1.165, 1.54) is 36.4 Å². The Balaban J connectivity index is 0.000000220. The summed E-state index contributed by atoms with van der Waals surface area (Å²) >= 11 is 0. The fraction of sp³-hybridized carbons (Fsp3) is 0. The lowest BCUT2D eigenvalue weighted by atomic mass is 10.3. The lowest BCUT2D eigenvalue weighted by Gasteiger charge is -1.97. The topological polar surface area (TPSA) is 149 Å². The Kier molecular flexibility index (Phi) is 5.49. The van der Waals surface area contributed by atoms with Crippen LogP contribution in [0, 0.1) is 0 Å². The van der Waals surface area contributed by atoms with Gasteiger partial charge in [-0.25, -0.2) is 0 Å². The van der Waals surface area contributed by atoms with Gasteiger partial charge < -0.3 is 10.2 Å². The van der Waals surface area contributed by atoms with Crippen molar-refractivity contribution in [3.8, 4) is 11.5 Å². The van der Waals surface area contributed by atoms with E-state index in [4.69, 9.17) is 19.3 Å². The van der Waals surface area contributed by atoms with Crippen LogP contribution in [0.4, 0.5) is 0 Å². The Hall–Kier alpha value is -2.14. The molecular formula is C12H12O8S2. The molecule has 2 rings (SSSR count). The molecule has 0 fully saturated rings. The van der Waals surface area contributed by atoms with Gasteiger partial charge in [0.1, 0.15) is 21.3 Å². The van der Waals surface area contributed by atoms with Crippen LogP contribution in [0.1, 0.15) is 0 Å². The highest BCUT2D eigenvalue weighted by atomic mass is 32.2. The van der Waals surface area contributed by atoms with Gasteiger partial charge in [0.2, 0.25) is 0 Å². The quantitative estimate of drug-likeness (QED) is 0.593. The first-order chi connectivity index (χ1) is 10.0. The molecular weight excluding hydrogens is 336 g/mol. The van der Waals surface area contributed by atoms with Crippen LogP contribution in [0.3, 0.4) is 0 Å². The van der Waals surface area contributed by atoms with Gasteiger partial charge in [0.25, 0.3) is 20.2 Å². The van der Waals surface area contributed by atoms with Crippen LogP contribution in [-0.4, -0.2) is 36.2 Å². The summed E-state index contributed by atoms with van der Waals surface area (Å²) in [6.07, 6.45) is 0. The smallest absolute Gasteiger partial charge is 0.298 e. The maximum Gasteiger partial charge on any atom is 0.298 e. The minimum atomic E-state index is -4.28. The predicted molar refractivity (Wildman–Crippen MR) is 75.8 cm³/mol. The summed E-state index contributed by atoms with van der Waals surface area (Å²) in [6.45, 7) is 0. The zero-order valence-electron chi connectivity index (χ0n) is 10.9. The summed E-state index contributed by atoms with van der Waals surface area (Å²) in [5, 5.41) is 17.8. The molecule has 0 aliphatic carbocycles. The van der Waals surface area contributed by atoms with Gasteiger partial charge >= 0.3 is 0 Å². The second-order valence-electron chi connectivity index (χ2n) is 3.89. The number of benzene rings is 2. The maximum atomic E-state index is 10.4. The van der Waals surface area contributed by atoms with Gasteiger partial charge in [0.15, 0.2) is 0 Å². The molecule has 0 saturated heterocycles. The molecule has 0 saturated carbocycles. The third-order valence-corrected chi connectivity index (χ3v) is 4.09. The van der Waals surface area contributed by atoms with E-state index in [0.717, 1.165) is 12.1 Å². The molecule has 0 amide bonds. The van der Waals surface area contributed by atoms with Crippen LogP contribution in [-0.2, 0) is 20.2 Å². The summed E-state index contributed by atoms with van der Waals surface area (Å²) < 4.78 is 58.8. The van der Waals surface area contributed by atoms with Crippen LogP contribution in [0.5, 0.6) is 11.5 Å².